The Bertz CT molecular complexity index is 658. The number of nitrogen functional groups attached to an aromatic ring is 1. The van der Waals surface area contributed by atoms with Gasteiger partial charge in [-0.3, -0.25) is 4.79 Å². The molecule has 0 saturated carbocycles. The van der Waals surface area contributed by atoms with E-state index in [4.69, 9.17) is 10.5 Å². The van der Waals surface area contributed by atoms with Gasteiger partial charge in [0.05, 0.1) is 0 Å². The van der Waals surface area contributed by atoms with Gasteiger partial charge in [-0.15, -0.1) is 0 Å². The molecular weight excluding hydrogens is 271 g/mol. The van der Waals surface area contributed by atoms with Gasteiger partial charge in [-0.05, 0) is 43.7 Å². The maximum Gasteiger partial charge on any atom is 0.265 e. The van der Waals surface area contributed by atoms with Crippen LogP contribution in [0.15, 0.2) is 42.5 Å². The van der Waals surface area contributed by atoms with E-state index in [1.165, 1.54) is 12.1 Å². The van der Waals surface area contributed by atoms with Gasteiger partial charge in [0.25, 0.3) is 5.91 Å². The Kier molecular flexibility index (Phi) is 4.42. The van der Waals surface area contributed by atoms with Crippen molar-refractivity contribution in [1.29, 1.82) is 0 Å². The Balaban J connectivity index is 2.04. The summed E-state index contributed by atoms with van der Waals surface area (Å²) in [4.78, 5) is 12.1. The molecule has 0 fully saturated rings. The lowest BCUT2D eigenvalue weighted by Crippen LogP contribution is -2.30. The van der Waals surface area contributed by atoms with Crippen LogP contribution in [-0.2, 0) is 4.79 Å². The highest BCUT2D eigenvalue weighted by Gasteiger charge is 2.16. The molecule has 0 heterocycles. The minimum absolute atomic E-state index is 0.329. The predicted molar refractivity (Wildman–Crippen MR) is 80.7 cm³/mol. The molecule has 0 aliphatic rings. The minimum atomic E-state index is -0.757. The topological polar surface area (TPSA) is 64.3 Å². The zero-order chi connectivity index (χ0) is 15.4. The molecule has 2 rings (SSSR count). The van der Waals surface area contributed by atoms with Crippen LogP contribution in [0.3, 0.4) is 0 Å². The monoisotopic (exact) mass is 288 g/mol. The van der Waals surface area contributed by atoms with Crippen LogP contribution in [0.4, 0.5) is 15.8 Å². The van der Waals surface area contributed by atoms with E-state index in [0.717, 1.165) is 5.56 Å². The average Bonchev–Trinajstić information content (AvgIpc) is 2.43. The molecule has 0 saturated heterocycles. The van der Waals surface area contributed by atoms with Crippen molar-refractivity contribution in [3.63, 3.8) is 0 Å². The maximum absolute atomic E-state index is 13.2. The molecule has 0 radical (unpaired) electrons. The normalized spacial score (nSPS) is 11.8. The van der Waals surface area contributed by atoms with E-state index < -0.39 is 11.9 Å². The fourth-order valence-corrected chi connectivity index (χ4v) is 1.81. The van der Waals surface area contributed by atoms with Gasteiger partial charge < -0.3 is 15.8 Å². The van der Waals surface area contributed by atoms with Crippen LogP contribution >= 0.6 is 0 Å². The van der Waals surface area contributed by atoms with Crippen molar-refractivity contribution in [3.05, 3.63) is 53.8 Å². The molecule has 2 aromatic carbocycles. The molecular formula is C16H17FN2O2. The molecule has 5 heteroatoms. The third-order valence-electron chi connectivity index (χ3n) is 2.98. The highest BCUT2D eigenvalue weighted by molar-refractivity contribution is 5.94. The van der Waals surface area contributed by atoms with E-state index in [1.54, 1.807) is 44.2 Å². The lowest BCUT2D eigenvalue weighted by molar-refractivity contribution is -0.122. The Morgan fingerprint density at radius 1 is 1.29 bits per heavy atom. The number of halogens is 1. The molecule has 110 valence electrons. The number of aryl methyl sites for hydroxylation is 1. The summed E-state index contributed by atoms with van der Waals surface area (Å²) in [6.07, 6.45) is -0.757. The van der Waals surface area contributed by atoms with Crippen molar-refractivity contribution in [2.75, 3.05) is 11.1 Å². The summed E-state index contributed by atoms with van der Waals surface area (Å²) >= 11 is 0. The first-order valence-electron chi connectivity index (χ1n) is 6.55. The number of carbonyl (C=O) groups is 1. The Morgan fingerprint density at radius 3 is 2.76 bits per heavy atom. The number of carbonyl (C=O) groups excluding carboxylic acids is 1. The van der Waals surface area contributed by atoms with Crippen LogP contribution < -0.4 is 15.8 Å². The predicted octanol–water partition coefficient (Wildman–Crippen LogP) is 3.12. The highest BCUT2D eigenvalue weighted by Crippen LogP contribution is 2.20. The number of hydrogen-bond acceptors (Lipinski definition) is 3. The number of ether oxygens (including phenoxy) is 1. The number of nitrogens with one attached hydrogen (secondary N) is 1. The first-order valence-corrected chi connectivity index (χ1v) is 6.55. The highest BCUT2D eigenvalue weighted by atomic mass is 19.1. The van der Waals surface area contributed by atoms with Crippen LogP contribution in [0.1, 0.15) is 12.5 Å². The van der Waals surface area contributed by atoms with Crippen molar-refractivity contribution < 1.29 is 13.9 Å². The molecule has 0 aliphatic heterocycles. The third kappa shape index (κ3) is 3.95. The summed E-state index contributed by atoms with van der Waals surface area (Å²) in [5, 5.41) is 2.70. The number of benzene rings is 2. The quantitative estimate of drug-likeness (QED) is 0.850. The summed E-state index contributed by atoms with van der Waals surface area (Å²) in [5.41, 5.74) is 7.56. The first-order chi connectivity index (χ1) is 9.95. The largest absolute Gasteiger partial charge is 0.481 e. The van der Waals surface area contributed by atoms with Gasteiger partial charge in [0, 0.05) is 17.4 Å². The van der Waals surface area contributed by atoms with Crippen LogP contribution in [0.25, 0.3) is 0 Å². The number of amides is 1. The zero-order valence-electron chi connectivity index (χ0n) is 11.9. The van der Waals surface area contributed by atoms with Crippen molar-refractivity contribution in [2.24, 2.45) is 0 Å². The zero-order valence-corrected chi connectivity index (χ0v) is 11.9. The van der Waals surface area contributed by atoms with Crippen molar-refractivity contribution in [1.82, 2.24) is 0 Å². The molecule has 2 aromatic rings. The molecule has 21 heavy (non-hydrogen) atoms. The van der Waals surface area contributed by atoms with Crippen molar-refractivity contribution in [2.45, 2.75) is 20.0 Å². The summed E-state index contributed by atoms with van der Waals surface area (Å²) in [6.45, 7) is 3.39. The standard InChI is InChI=1S/C16H17FN2O2/c1-10-6-7-12(17)8-15(10)21-11(2)16(20)19-14-5-3-4-13(18)9-14/h3-9,11H,18H2,1-2H3,(H,19,20). The summed E-state index contributed by atoms with van der Waals surface area (Å²) in [5.74, 6) is -0.381. The maximum atomic E-state index is 13.2. The summed E-state index contributed by atoms with van der Waals surface area (Å²) < 4.78 is 18.7. The Labute approximate surface area is 122 Å². The molecule has 0 bridgehead atoms. The minimum Gasteiger partial charge on any atom is -0.481 e. The second kappa shape index (κ2) is 6.26. The Hall–Kier alpha value is -2.56. The van der Waals surface area contributed by atoms with Crippen LogP contribution in [0.5, 0.6) is 5.75 Å². The first kappa shape index (κ1) is 14.8. The fraction of sp³-hybridized carbons (Fsp3) is 0.188. The number of nitrogens with two attached hydrogens (primary N) is 1. The molecule has 3 N–H and O–H groups in total. The molecule has 1 amide bonds. The lowest BCUT2D eigenvalue weighted by Gasteiger charge is -2.16. The summed E-state index contributed by atoms with van der Waals surface area (Å²) in [6, 6.07) is 11.1. The summed E-state index contributed by atoms with van der Waals surface area (Å²) in [7, 11) is 0. The number of anilines is 2. The fourth-order valence-electron chi connectivity index (χ4n) is 1.81. The molecule has 4 nitrogen and oxygen atoms in total. The molecule has 1 atom stereocenters. The van der Waals surface area contributed by atoms with E-state index in [9.17, 15) is 9.18 Å². The molecule has 0 aromatic heterocycles. The van der Waals surface area contributed by atoms with E-state index >= 15 is 0 Å². The van der Waals surface area contributed by atoms with Crippen LogP contribution in [0.2, 0.25) is 0 Å². The Morgan fingerprint density at radius 2 is 2.05 bits per heavy atom. The van der Waals surface area contributed by atoms with E-state index in [2.05, 4.69) is 5.32 Å². The molecule has 1 unspecified atom stereocenters. The SMILES string of the molecule is Cc1ccc(F)cc1OC(C)C(=O)Nc1cccc(N)c1. The van der Waals surface area contributed by atoms with Crippen molar-refractivity contribution >= 4 is 17.3 Å². The number of hydrogen-bond donors (Lipinski definition) is 2. The van der Waals surface area contributed by atoms with Crippen molar-refractivity contribution in [3.8, 4) is 5.75 Å². The molecule has 0 aliphatic carbocycles. The van der Waals surface area contributed by atoms with Gasteiger partial charge in [-0.25, -0.2) is 4.39 Å². The third-order valence-corrected chi connectivity index (χ3v) is 2.98. The van der Waals surface area contributed by atoms with E-state index in [0.29, 0.717) is 17.1 Å². The van der Waals surface area contributed by atoms with Gasteiger partial charge in [-0.1, -0.05) is 12.1 Å². The molecule has 0 spiro atoms. The smallest absolute Gasteiger partial charge is 0.265 e. The van der Waals surface area contributed by atoms with Gasteiger partial charge in [-0.2, -0.15) is 0 Å². The van der Waals surface area contributed by atoms with Crippen LogP contribution in [0, 0.1) is 12.7 Å². The second-order valence-electron chi connectivity index (χ2n) is 4.78. The van der Waals surface area contributed by atoms with Crippen LogP contribution in [-0.4, -0.2) is 12.0 Å². The van der Waals surface area contributed by atoms with Gasteiger partial charge >= 0.3 is 0 Å². The van der Waals surface area contributed by atoms with Gasteiger partial charge in [0.15, 0.2) is 6.10 Å². The lowest BCUT2D eigenvalue weighted by atomic mass is 10.2. The number of rotatable bonds is 4. The van der Waals surface area contributed by atoms with E-state index in [-0.39, 0.29) is 5.91 Å². The van der Waals surface area contributed by atoms with E-state index in [1.807, 2.05) is 0 Å². The van der Waals surface area contributed by atoms with Gasteiger partial charge in [0.1, 0.15) is 11.6 Å². The average molecular weight is 288 g/mol. The second-order valence-corrected chi connectivity index (χ2v) is 4.78. The van der Waals surface area contributed by atoms with Gasteiger partial charge in [0.2, 0.25) is 0 Å².